The van der Waals surface area contributed by atoms with Gasteiger partial charge in [0.05, 0.1) is 21.2 Å². The SMILES string of the molecule is O=C(NC(=C(Sc1ccc(Cl)cc1)Sc1ccc(Cl)cc1)[P+](c1ccccc1)(c1ccccc1)c1ccccc1)c1ccco1.[O-][Cl+3]([O-])([O-])O. The van der Waals surface area contributed by atoms with Crippen molar-refractivity contribution in [2.75, 3.05) is 0 Å². The zero-order chi connectivity index (χ0) is 35.6. The van der Waals surface area contributed by atoms with Crippen LogP contribution in [-0.2, 0) is 0 Å². The van der Waals surface area contributed by atoms with E-state index in [0.717, 1.165) is 35.4 Å². The average molecular weight is 784 g/mol. The molecule has 6 aromatic rings. The number of amides is 1. The molecule has 1 heterocycles. The molecule has 5 aromatic carbocycles. The molecule has 2 N–H and O–H groups in total. The largest absolute Gasteiger partial charge is 0.459 e. The molecular formula is C37H28Cl3NO6PS2+. The lowest BCUT2D eigenvalue weighted by atomic mass is 10.4. The van der Waals surface area contributed by atoms with Gasteiger partial charge in [-0.15, -0.1) is 0 Å². The first-order valence-corrected chi connectivity index (χ1v) is 20.1. The van der Waals surface area contributed by atoms with Gasteiger partial charge in [-0.1, -0.05) is 101 Å². The molecule has 0 saturated carbocycles. The van der Waals surface area contributed by atoms with Gasteiger partial charge in [-0.2, -0.15) is 14.0 Å². The summed E-state index contributed by atoms with van der Waals surface area (Å²) in [6.45, 7) is 0. The van der Waals surface area contributed by atoms with Crippen molar-refractivity contribution >= 4 is 75.8 Å². The number of carbonyl (C=O) groups is 1. The predicted molar refractivity (Wildman–Crippen MR) is 195 cm³/mol. The Morgan fingerprint density at radius 3 is 1.34 bits per heavy atom. The van der Waals surface area contributed by atoms with Crippen molar-refractivity contribution in [1.82, 2.24) is 5.32 Å². The molecule has 0 atom stereocenters. The summed E-state index contributed by atoms with van der Waals surface area (Å²) in [5.74, 6) is -0.0970. The van der Waals surface area contributed by atoms with E-state index in [-0.39, 0.29) is 11.7 Å². The fourth-order valence-electron chi connectivity index (χ4n) is 4.97. The standard InChI is InChI=1S/C37H26Cl2NO2PS2.ClHO4/c38-27-18-22-32(23-19-27)44-37(45-33-24-20-28(39)21-25-33)36(40-35(41)34-17-10-26-42-34)43(29-11-4-1-5-12-29,30-13-6-2-7-14-30)31-15-8-3-9-16-31;2-1(3,4)5/h1-26H;(H,2,3,4,5)/p+1. The number of hydrogen-bond donors (Lipinski definition) is 2. The topological polar surface area (TPSA) is 132 Å². The summed E-state index contributed by atoms with van der Waals surface area (Å²) in [6.07, 6.45) is 1.51. The first-order chi connectivity index (χ1) is 24.0. The third kappa shape index (κ3) is 10.0. The smallest absolute Gasteiger partial charge is 0.293 e. The third-order valence-electron chi connectivity index (χ3n) is 6.98. The Balaban J connectivity index is 0.000000908. The highest BCUT2D eigenvalue weighted by Gasteiger charge is 2.52. The molecule has 254 valence electrons. The lowest BCUT2D eigenvalue weighted by Crippen LogP contribution is -2.58. The Bertz CT molecular complexity index is 1840. The summed E-state index contributed by atoms with van der Waals surface area (Å²) >= 11 is 15.8. The molecule has 1 aromatic heterocycles. The van der Waals surface area contributed by atoms with E-state index in [1.807, 2.05) is 66.7 Å². The third-order valence-corrected chi connectivity index (χ3v) is 14.3. The van der Waals surface area contributed by atoms with Crippen LogP contribution in [-0.4, -0.2) is 10.6 Å². The number of furan rings is 1. The highest BCUT2D eigenvalue weighted by atomic mass is 35.7. The maximum absolute atomic E-state index is 14.1. The van der Waals surface area contributed by atoms with E-state index < -0.39 is 17.5 Å². The van der Waals surface area contributed by atoms with Gasteiger partial charge in [0.15, 0.2) is 18.5 Å². The Labute approximate surface area is 310 Å². The van der Waals surface area contributed by atoms with Crippen LogP contribution in [0.3, 0.4) is 0 Å². The molecule has 1 amide bonds. The van der Waals surface area contributed by atoms with Gasteiger partial charge in [-0.05, 0) is 97.1 Å². The number of nitrogens with one attached hydrogen (secondary N) is 1. The van der Waals surface area contributed by atoms with Crippen LogP contribution in [0.1, 0.15) is 10.6 Å². The van der Waals surface area contributed by atoms with E-state index in [4.69, 9.17) is 46.3 Å². The Kier molecular flexibility index (Phi) is 13.2. The molecule has 50 heavy (non-hydrogen) atoms. The van der Waals surface area contributed by atoms with Gasteiger partial charge in [-0.25, -0.2) is 0 Å². The number of halogens is 3. The van der Waals surface area contributed by atoms with Crippen molar-refractivity contribution in [3.63, 3.8) is 0 Å². The molecule has 0 spiro atoms. The van der Waals surface area contributed by atoms with Crippen LogP contribution in [0.4, 0.5) is 0 Å². The molecule has 0 saturated heterocycles. The van der Waals surface area contributed by atoms with E-state index in [1.54, 1.807) is 35.7 Å². The fourth-order valence-corrected chi connectivity index (χ4v) is 12.4. The van der Waals surface area contributed by atoms with Crippen molar-refractivity contribution in [2.24, 2.45) is 0 Å². The monoisotopic (exact) mass is 782 g/mol. The van der Waals surface area contributed by atoms with Crippen LogP contribution in [0.15, 0.2) is 182 Å². The van der Waals surface area contributed by atoms with Crippen molar-refractivity contribution < 1.29 is 38.1 Å². The van der Waals surface area contributed by atoms with Gasteiger partial charge in [0.25, 0.3) is 5.91 Å². The molecule has 0 radical (unpaired) electrons. The number of thioether (sulfide) groups is 2. The summed E-state index contributed by atoms with van der Waals surface area (Å²) in [4.78, 5) is 16.0. The number of benzene rings is 5. The van der Waals surface area contributed by atoms with Crippen LogP contribution >= 0.6 is 54.0 Å². The minimum absolute atomic E-state index is 0.229. The van der Waals surface area contributed by atoms with Crippen molar-refractivity contribution in [3.05, 3.63) is 183 Å². The van der Waals surface area contributed by atoms with Gasteiger partial charge in [-0.3, -0.25) is 10.1 Å². The highest BCUT2D eigenvalue weighted by molar-refractivity contribution is 8.23. The van der Waals surface area contributed by atoms with Crippen molar-refractivity contribution in [3.8, 4) is 0 Å². The number of rotatable bonds is 10. The molecule has 0 unspecified atom stereocenters. The van der Waals surface area contributed by atoms with E-state index in [9.17, 15) is 4.79 Å². The van der Waals surface area contributed by atoms with Crippen LogP contribution in [0.25, 0.3) is 0 Å². The predicted octanol–water partition coefficient (Wildman–Crippen LogP) is 5.90. The van der Waals surface area contributed by atoms with E-state index in [1.165, 1.54) is 6.26 Å². The quantitative estimate of drug-likeness (QED) is 0.130. The zero-order valence-corrected chi connectivity index (χ0v) is 30.7. The normalized spacial score (nSPS) is 11.2. The second-order valence-electron chi connectivity index (χ2n) is 10.3. The summed E-state index contributed by atoms with van der Waals surface area (Å²) in [5, 5.41) is 8.03. The molecule has 0 aliphatic carbocycles. The fraction of sp³-hybridized carbons (Fsp3) is 0. The maximum atomic E-state index is 14.1. The lowest BCUT2D eigenvalue weighted by Gasteiger charge is -2.31. The first-order valence-electron chi connectivity index (χ1n) is 14.7. The molecule has 7 nitrogen and oxygen atoms in total. The van der Waals surface area contributed by atoms with Crippen LogP contribution in [0.2, 0.25) is 10.0 Å². The van der Waals surface area contributed by atoms with Gasteiger partial charge in [0.1, 0.15) is 20.2 Å². The van der Waals surface area contributed by atoms with E-state index in [2.05, 4.69) is 78.1 Å². The highest BCUT2D eigenvalue weighted by Crippen LogP contribution is 2.65. The molecule has 0 bridgehead atoms. The van der Waals surface area contributed by atoms with Crippen LogP contribution in [0.5, 0.6) is 0 Å². The van der Waals surface area contributed by atoms with Gasteiger partial charge in [0.2, 0.25) is 0 Å². The Morgan fingerprint density at radius 2 is 1.00 bits per heavy atom. The molecule has 6 rings (SSSR count). The zero-order valence-electron chi connectivity index (χ0n) is 25.9. The maximum Gasteiger partial charge on any atom is 0.293 e. The minimum atomic E-state index is -4.69. The van der Waals surface area contributed by atoms with Crippen molar-refractivity contribution in [2.45, 2.75) is 9.79 Å². The number of carbonyl (C=O) groups excluding carboxylic acids is 1. The summed E-state index contributed by atoms with van der Waals surface area (Å²) in [7, 11) is -7.45. The van der Waals surface area contributed by atoms with Crippen molar-refractivity contribution in [1.29, 1.82) is 0 Å². The molecule has 13 heteroatoms. The van der Waals surface area contributed by atoms with Gasteiger partial charge >= 0.3 is 0 Å². The molecule has 0 aliphatic rings. The van der Waals surface area contributed by atoms with Crippen LogP contribution < -0.4 is 35.2 Å². The number of hydrogen-bond acceptors (Lipinski definition) is 8. The van der Waals surface area contributed by atoms with Gasteiger partial charge < -0.3 is 4.42 Å². The first kappa shape index (κ1) is 37.7. The summed E-state index contributed by atoms with van der Waals surface area (Å²) < 4.78 is 39.2. The van der Waals surface area contributed by atoms with Crippen LogP contribution in [0, 0.1) is 10.2 Å². The Morgan fingerprint density at radius 1 is 0.620 bits per heavy atom. The van der Waals surface area contributed by atoms with Gasteiger partial charge in [0, 0.05) is 19.8 Å². The summed E-state index contributed by atoms with van der Waals surface area (Å²) in [6, 6.07) is 50.2. The molecule has 0 fully saturated rings. The minimum Gasteiger partial charge on any atom is -0.459 e. The molecule has 0 aliphatic heterocycles. The second kappa shape index (κ2) is 17.6. The Hall–Kier alpha value is -3.57. The molecular weight excluding hydrogens is 756 g/mol. The lowest BCUT2D eigenvalue weighted by molar-refractivity contribution is -1.92. The second-order valence-corrected chi connectivity index (χ2v) is 17.7. The van der Waals surface area contributed by atoms with E-state index in [0.29, 0.717) is 10.0 Å². The average Bonchev–Trinajstić information content (AvgIpc) is 3.66. The van der Waals surface area contributed by atoms with E-state index >= 15 is 0 Å². The summed E-state index contributed by atoms with van der Waals surface area (Å²) in [5.41, 5.74) is 0.799.